The van der Waals surface area contributed by atoms with E-state index in [-0.39, 0.29) is 5.82 Å². The van der Waals surface area contributed by atoms with Crippen LogP contribution < -0.4 is 5.73 Å². The van der Waals surface area contributed by atoms with Crippen LogP contribution in [0.1, 0.15) is 26.6 Å². The standard InChI is InChI=1S/C15H19ClFN3/c1-4-13-19-14(15(18)20(13)8-9(2)3)10-5-11(16)7-12(17)6-10/h5-7,9H,4,8,18H2,1-3H3. The summed E-state index contributed by atoms with van der Waals surface area (Å²) in [5.74, 6) is 1.55. The summed E-state index contributed by atoms with van der Waals surface area (Å²) >= 11 is 5.90. The quantitative estimate of drug-likeness (QED) is 0.921. The maximum atomic E-state index is 13.5. The molecule has 1 heterocycles. The van der Waals surface area contributed by atoms with E-state index in [1.165, 1.54) is 12.1 Å². The largest absolute Gasteiger partial charge is 0.383 e. The molecule has 2 aromatic rings. The number of nitrogens with two attached hydrogens (primary N) is 1. The van der Waals surface area contributed by atoms with E-state index in [0.717, 1.165) is 18.8 Å². The maximum Gasteiger partial charge on any atom is 0.131 e. The van der Waals surface area contributed by atoms with Crippen LogP contribution in [-0.2, 0) is 13.0 Å². The number of rotatable bonds is 4. The summed E-state index contributed by atoms with van der Waals surface area (Å²) in [4.78, 5) is 4.55. The van der Waals surface area contributed by atoms with Crippen molar-refractivity contribution in [3.05, 3.63) is 34.9 Å². The van der Waals surface area contributed by atoms with Gasteiger partial charge in [0.25, 0.3) is 0 Å². The van der Waals surface area contributed by atoms with Gasteiger partial charge in [-0.3, -0.25) is 0 Å². The average Bonchev–Trinajstić information content (AvgIpc) is 2.65. The fourth-order valence-electron chi connectivity index (χ4n) is 2.26. The highest BCUT2D eigenvalue weighted by Gasteiger charge is 2.16. The van der Waals surface area contributed by atoms with E-state index < -0.39 is 0 Å². The van der Waals surface area contributed by atoms with E-state index >= 15 is 0 Å². The van der Waals surface area contributed by atoms with E-state index in [0.29, 0.717) is 28.0 Å². The molecule has 20 heavy (non-hydrogen) atoms. The number of hydrogen-bond donors (Lipinski definition) is 1. The minimum Gasteiger partial charge on any atom is -0.383 e. The first-order chi connectivity index (χ1) is 9.42. The molecule has 0 unspecified atom stereocenters. The molecule has 0 radical (unpaired) electrons. The summed E-state index contributed by atoms with van der Waals surface area (Å²) in [6.07, 6.45) is 0.778. The summed E-state index contributed by atoms with van der Waals surface area (Å²) in [7, 11) is 0. The first-order valence-corrected chi connectivity index (χ1v) is 7.11. The summed E-state index contributed by atoms with van der Waals surface area (Å²) in [6, 6.07) is 4.36. The van der Waals surface area contributed by atoms with Gasteiger partial charge in [-0.2, -0.15) is 0 Å². The van der Waals surface area contributed by atoms with E-state index in [9.17, 15) is 4.39 Å². The van der Waals surface area contributed by atoms with Crippen LogP contribution in [0.4, 0.5) is 10.2 Å². The number of anilines is 1. The molecule has 0 saturated heterocycles. The molecule has 0 bridgehead atoms. The predicted octanol–water partition coefficient (Wildman–Crippen LogP) is 4.14. The van der Waals surface area contributed by atoms with Gasteiger partial charge < -0.3 is 10.3 Å². The van der Waals surface area contributed by atoms with Crippen LogP contribution in [0.15, 0.2) is 18.2 Å². The van der Waals surface area contributed by atoms with Gasteiger partial charge >= 0.3 is 0 Å². The molecular weight excluding hydrogens is 277 g/mol. The molecule has 3 nitrogen and oxygen atoms in total. The maximum absolute atomic E-state index is 13.5. The molecule has 0 amide bonds. The third-order valence-electron chi connectivity index (χ3n) is 3.09. The Labute approximate surface area is 123 Å². The second kappa shape index (κ2) is 5.83. The second-order valence-electron chi connectivity index (χ2n) is 5.28. The van der Waals surface area contributed by atoms with Crippen molar-refractivity contribution in [2.24, 2.45) is 5.92 Å². The average molecular weight is 296 g/mol. The van der Waals surface area contributed by atoms with Crippen molar-refractivity contribution in [2.45, 2.75) is 33.7 Å². The van der Waals surface area contributed by atoms with Gasteiger partial charge in [0.2, 0.25) is 0 Å². The molecule has 0 fully saturated rings. The van der Waals surface area contributed by atoms with Crippen LogP contribution >= 0.6 is 11.6 Å². The molecular formula is C15H19ClFN3. The van der Waals surface area contributed by atoms with Crippen LogP contribution in [0.3, 0.4) is 0 Å². The zero-order valence-electron chi connectivity index (χ0n) is 12.0. The number of hydrogen-bond acceptors (Lipinski definition) is 2. The zero-order chi connectivity index (χ0) is 14.9. The molecule has 0 aliphatic heterocycles. The number of nitrogens with zero attached hydrogens (tertiary/aromatic N) is 2. The smallest absolute Gasteiger partial charge is 0.131 e. The Balaban J connectivity index is 2.54. The molecule has 2 N–H and O–H groups in total. The van der Waals surface area contributed by atoms with E-state index in [4.69, 9.17) is 17.3 Å². The van der Waals surface area contributed by atoms with Crippen LogP contribution in [-0.4, -0.2) is 9.55 Å². The normalized spacial score (nSPS) is 11.3. The molecule has 1 aromatic carbocycles. The monoisotopic (exact) mass is 295 g/mol. The lowest BCUT2D eigenvalue weighted by atomic mass is 10.1. The first kappa shape index (κ1) is 14.9. The number of benzene rings is 1. The minimum absolute atomic E-state index is 0.343. The first-order valence-electron chi connectivity index (χ1n) is 6.73. The van der Waals surface area contributed by atoms with Gasteiger partial charge in [0.1, 0.15) is 23.2 Å². The van der Waals surface area contributed by atoms with Crippen molar-refractivity contribution in [2.75, 3.05) is 5.73 Å². The number of imidazole rings is 1. The second-order valence-corrected chi connectivity index (χ2v) is 5.71. The highest BCUT2D eigenvalue weighted by molar-refractivity contribution is 6.30. The van der Waals surface area contributed by atoms with Gasteiger partial charge in [-0.1, -0.05) is 32.4 Å². The molecule has 0 aliphatic rings. The van der Waals surface area contributed by atoms with Crippen molar-refractivity contribution in [3.63, 3.8) is 0 Å². The van der Waals surface area contributed by atoms with Crippen LogP contribution in [0.2, 0.25) is 5.02 Å². The van der Waals surface area contributed by atoms with Crippen molar-refractivity contribution in [3.8, 4) is 11.3 Å². The Morgan fingerprint density at radius 1 is 1.35 bits per heavy atom. The summed E-state index contributed by atoms with van der Waals surface area (Å²) in [6.45, 7) is 7.07. The molecule has 108 valence electrons. The highest BCUT2D eigenvalue weighted by Crippen LogP contribution is 2.30. The SMILES string of the molecule is CCc1nc(-c2cc(F)cc(Cl)c2)c(N)n1CC(C)C. The Morgan fingerprint density at radius 2 is 2.05 bits per heavy atom. The van der Waals surface area contributed by atoms with Crippen LogP contribution in [0.5, 0.6) is 0 Å². The minimum atomic E-state index is -0.386. The Hall–Kier alpha value is -1.55. The molecule has 0 saturated carbocycles. The summed E-state index contributed by atoms with van der Waals surface area (Å²) in [5, 5.41) is 0.343. The van der Waals surface area contributed by atoms with Crippen molar-refractivity contribution in [1.82, 2.24) is 9.55 Å². The van der Waals surface area contributed by atoms with Gasteiger partial charge in [0, 0.05) is 23.6 Å². The lowest BCUT2D eigenvalue weighted by molar-refractivity contribution is 0.513. The molecule has 0 spiro atoms. The van der Waals surface area contributed by atoms with Crippen molar-refractivity contribution < 1.29 is 4.39 Å². The van der Waals surface area contributed by atoms with E-state index in [1.807, 2.05) is 11.5 Å². The summed E-state index contributed by atoms with van der Waals surface area (Å²) < 4.78 is 15.5. The number of aromatic nitrogens is 2. The van der Waals surface area contributed by atoms with Gasteiger partial charge in [0.15, 0.2) is 0 Å². The van der Waals surface area contributed by atoms with E-state index in [1.54, 1.807) is 6.07 Å². The third-order valence-corrected chi connectivity index (χ3v) is 3.30. The van der Waals surface area contributed by atoms with Gasteiger partial charge in [-0.25, -0.2) is 9.37 Å². The van der Waals surface area contributed by atoms with Gasteiger partial charge in [0.05, 0.1) is 0 Å². The van der Waals surface area contributed by atoms with Crippen LogP contribution in [0, 0.1) is 11.7 Å². The molecule has 2 rings (SSSR count). The topological polar surface area (TPSA) is 43.8 Å². The van der Waals surface area contributed by atoms with Gasteiger partial charge in [-0.15, -0.1) is 0 Å². The third kappa shape index (κ3) is 2.96. The Morgan fingerprint density at radius 3 is 2.60 bits per heavy atom. The van der Waals surface area contributed by atoms with Gasteiger partial charge in [-0.05, 0) is 24.1 Å². The molecule has 0 atom stereocenters. The Bertz CT molecular complexity index is 600. The molecule has 5 heteroatoms. The number of halogens is 2. The number of aryl methyl sites for hydroxylation is 1. The molecule has 0 aliphatic carbocycles. The van der Waals surface area contributed by atoms with Crippen LogP contribution in [0.25, 0.3) is 11.3 Å². The Kier molecular flexibility index (Phi) is 4.33. The molecule has 1 aromatic heterocycles. The van der Waals surface area contributed by atoms with E-state index in [2.05, 4.69) is 18.8 Å². The lowest BCUT2D eigenvalue weighted by Crippen LogP contribution is -2.10. The fourth-order valence-corrected chi connectivity index (χ4v) is 2.48. The fraction of sp³-hybridized carbons (Fsp3) is 0.400. The highest BCUT2D eigenvalue weighted by atomic mass is 35.5. The van der Waals surface area contributed by atoms with Crippen molar-refractivity contribution in [1.29, 1.82) is 0 Å². The van der Waals surface area contributed by atoms with Crippen molar-refractivity contribution >= 4 is 17.4 Å². The summed E-state index contributed by atoms with van der Waals surface area (Å²) in [5.41, 5.74) is 7.41. The lowest BCUT2D eigenvalue weighted by Gasteiger charge is -2.11. The predicted molar refractivity (Wildman–Crippen MR) is 81.3 cm³/mol. The number of nitrogen functional groups attached to an aromatic ring is 1. The zero-order valence-corrected chi connectivity index (χ0v) is 12.7.